The predicted molar refractivity (Wildman–Crippen MR) is 62.5 cm³/mol. The summed E-state index contributed by atoms with van der Waals surface area (Å²) in [5.41, 5.74) is 1.00. The number of hydrogen-bond acceptors (Lipinski definition) is 1. The Labute approximate surface area is 92.6 Å². The van der Waals surface area contributed by atoms with Gasteiger partial charge in [-0.2, -0.15) is 0 Å². The van der Waals surface area contributed by atoms with Crippen molar-refractivity contribution in [3.8, 4) is 0 Å². The van der Waals surface area contributed by atoms with Gasteiger partial charge in [-0.05, 0) is 24.6 Å². The molecule has 0 saturated carbocycles. The third kappa shape index (κ3) is 3.57. The molecule has 0 amide bonds. The maximum Gasteiger partial charge on any atom is 0.0638 e. The van der Waals surface area contributed by atoms with E-state index in [2.05, 4.69) is 28.2 Å². The molecule has 0 aliphatic heterocycles. The van der Waals surface area contributed by atoms with Gasteiger partial charge in [0.05, 0.1) is 10.7 Å². The first-order chi connectivity index (χ1) is 6.24. The molecule has 0 aromatic heterocycles. The molecule has 0 fully saturated rings. The molecule has 0 heterocycles. The van der Waals surface area contributed by atoms with Crippen LogP contribution in [0.15, 0.2) is 22.7 Å². The van der Waals surface area contributed by atoms with Crippen LogP contribution in [0.3, 0.4) is 0 Å². The fourth-order valence-corrected chi connectivity index (χ4v) is 1.58. The SMILES string of the molecule is CCCCNc1cc(Br)ccc1Cl. The van der Waals surface area contributed by atoms with Crippen LogP contribution >= 0.6 is 27.5 Å². The van der Waals surface area contributed by atoms with E-state index < -0.39 is 0 Å². The summed E-state index contributed by atoms with van der Waals surface area (Å²) < 4.78 is 1.05. The van der Waals surface area contributed by atoms with E-state index in [9.17, 15) is 0 Å². The van der Waals surface area contributed by atoms with Crippen molar-refractivity contribution < 1.29 is 0 Å². The molecule has 3 heteroatoms. The maximum atomic E-state index is 5.99. The minimum absolute atomic E-state index is 0.777. The largest absolute Gasteiger partial charge is 0.384 e. The number of nitrogens with one attached hydrogen (secondary N) is 1. The van der Waals surface area contributed by atoms with E-state index in [1.54, 1.807) is 0 Å². The Morgan fingerprint density at radius 1 is 1.46 bits per heavy atom. The molecule has 0 aliphatic rings. The molecular formula is C10H13BrClN. The van der Waals surface area contributed by atoms with Crippen LogP contribution in [0.25, 0.3) is 0 Å². The summed E-state index contributed by atoms with van der Waals surface area (Å²) in [6.45, 7) is 3.15. The second-order valence-corrected chi connectivity index (χ2v) is 4.23. The summed E-state index contributed by atoms with van der Waals surface area (Å²) in [6, 6.07) is 5.82. The van der Waals surface area contributed by atoms with Crippen LogP contribution in [-0.2, 0) is 0 Å². The van der Waals surface area contributed by atoms with Crippen LogP contribution in [0.4, 0.5) is 5.69 Å². The molecule has 0 aliphatic carbocycles. The standard InChI is InChI=1S/C10H13BrClN/c1-2-3-6-13-10-7-8(11)4-5-9(10)12/h4-5,7,13H,2-3,6H2,1H3. The Kier molecular flexibility index (Phi) is 4.60. The van der Waals surface area contributed by atoms with Gasteiger partial charge >= 0.3 is 0 Å². The van der Waals surface area contributed by atoms with Crippen LogP contribution in [0.2, 0.25) is 5.02 Å². The van der Waals surface area contributed by atoms with Crippen molar-refractivity contribution in [1.82, 2.24) is 0 Å². The molecule has 0 unspecified atom stereocenters. The van der Waals surface area contributed by atoms with Crippen molar-refractivity contribution in [2.24, 2.45) is 0 Å². The highest BCUT2D eigenvalue weighted by atomic mass is 79.9. The van der Waals surface area contributed by atoms with Crippen LogP contribution in [-0.4, -0.2) is 6.54 Å². The lowest BCUT2D eigenvalue weighted by atomic mass is 10.3. The second-order valence-electron chi connectivity index (χ2n) is 2.90. The van der Waals surface area contributed by atoms with E-state index in [4.69, 9.17) is 11.6 Å². The average Bonchev–Trinajstić information content (AvgIpc) is 2.11. The molecule has 0 bridgehead atoms. The molecule has 1 aromatic carbocycles. The van der Waals surface area contributed by atoms with Crippen molar-refractivity contribution in [2.75, 3.05) is 11.9 Å². The first-order valence-electron chi connectivity index (χ1n) is 4.43. The Morgan fingerprint density at radius 3 is 2.92 bits per heavy atom. The summed E-state index contributed by atoms with van der Waals surface area (Å²) in [5, 5.41) is 4.07. The zero-order valence-electron chi connectivity index (χ0n) is 7.61. The van der Waals surface area contributed by atoms with E-state index >= 15 is 0 Å². The molecule has 72 valence electrons. The highest BCUT2D eigenvalue weighted by Gasteiger charge is 1.98. The number of rotatable bonds is 4. The molecule has 0 radical (unpaired) electrons. The van der Waals surface area contributed by atoms with Gasteiger partial charge in [0, 0.05) is 11.0 Å². The lowest BCUT2D eigenvalue weighted by Crippen LogP contribution is -2.01. The number of halogens is 2. The first kappa shape index (κ1) is 10.9. The van der Waals surface area contributed by atoms with Gasteiger partial charge < -0.3 is 5.32 Å². The van der Waals surface area contributed by atoms with Crippen molar-refractivity contribution >= 4 is 33.2 Å². The van der Waals surface area contributed by atoms with Gasteiger partial charge in [0.15, 0.2) is 0 Å². The minimum Gasteiger partial charge on any atom is -0.384 e. The molecule has 1 nitrogen and oxygen atoms in total. The Bertz CT molecular complexity index is 276. The number of anilines is 1. The smallest absolute Gasteiger partial charge is 0.0638 e. The second kappa shape index (κ2) is 5.51. The van der Waals surface area contributed by atoms with Gasteiger partial charge in [-0.3, -0.25) is 0 Å². The molecule has 1 rings (SSSR count). The van der Waals surface area contributed by atoms with Crippen LogP contribution in [0, 0.1) is 0 Å². The Morgan fingerprint density at radius 2 is 2.23 bits per heavy atom. The van der Waals surface area contributed by atoms with Crippen LogP contribution in [0.5, 0.6) is 0 Å². The van der Waals surface area contributed by atoms with Crippen LogP contribution < -0.4 is 5.32 Å². The zero-order valence-corrected chi connectivity index (χ0v) is 9.95. The molecule has 13 heavy (non-hydrogen) atoms. The lowest BCUT2D eigenvalue weighted by molar-refractivity contribution is 0.834. The topological polar surface area (TPSA) is 12.0 Å². The molecule has 1 N–H and O–H groups in total. The van der Waals surface area contributed by atoms with Gasteiger partial charge in [0.2, 0.25) is 0 Å². The van der Waals surface area contributed by atoms with E-state index in [1.165, 1.54) is 12.8 Å². The Balaban J connectivity index is 2.59. The fourth-order valence-electron chi connectivity index (χ4n) is 1.03. The summed E-state index contributed by atoms with van der Waals surface area (Å²) in [6.07, 6.45) is 2.36. The molecular weight excluding hydrogens is 249 g/mol. The van der Waals surface area contributed by atoms with Crippen molar-refractivity contribution in [2.45, 2.75) is 19.8 Å². The van der Waals surface area contributed by atoms with Gasteiger partial charge in [0.1, 0.15) is 0 Å². The van der Waals surface area contributed by atoms with E-state index in [1.807, 2.05) is 18.2 Å². The molecule has 0 atom stereocenters. The van der Waals surface area contributed by atoms with Crippen molar-refractivity contribution in [3.63, 3.8) is 0 Å². The third-order valence-corrected chi connectivity index (χ3v) is 2.60. The lowest BCUT2D eigenvalue weighted by Gasteiger charge is -2.07. The maximum absolute atomic E-state index is 5.99. The summed E-state index contributed by atoms with van der Waals surface area (Å²) in [4.78, 5) is 0. The monoisotopic (exact) mass is 261 g/mol. The predicted octanol–water partition coefficient (Wildman–Crippen LogP) is 4.31. The molecule has 0 spiro atoms. The quantitative estimate of drug-likeness (QED) is 0.797. The summed E-state index contributed by atoms with van der Waals surface area (Å²) in [5.74, 6) is 0. The van der Waals surface area contributed by atoms with Crippen LogP contribution in [0.1, 0.15) is 19.8 Å². The fraction of sp³-hybridized carbons (Fsp3) is 0.400. The number of benzene rings is 1. The Hall–Kier alpha value is -0.210. The summed E-state index contributed by atoms with van der Waals surface area (Å²) in [7, 11) is 0. The highest BCUT2D eigenvalue weighted by molar-refractivity contribution is 9.10. The highest BCUT2D eigenvalue weighted by Crippen LogP contribution is 2.25. The normalized spacial score (nSPS) is 10.1. The van der Waals surface area contributed by atoms with Gasteiger partial charge in [-0.25, -0.2) is 0 Å². The first-order valence-corrected chi connectivity index (χ1v) is 5.60. The van der Waals surface area contributed by atoms with Gasteiger partial charge in [-0.1, -0.05) is 40.9 Å². The molecule has 0 saturated heterocycles. The van der Waals surface area contributed by atoms with E-state index in [0.717, 1.165) is 21.7 Å². The minimum atomic E-state index is 0.777. The van der Waals surface area contributed by atoms with Crippen molar-refractivity contribution in [1.29, 1.82) is 0 Å². The number of hydrogen-bond donors (Lipinski definition) is 1. The number of unbranched alkanes of at least 4 members (excludes halogenated alkanes) is 1. The van der Waals surface area contributed by atoms with E-state index in [0.29, 0.717) is 0 Å². The van der Waals surface area contributed by atoms with Crippen molar-refractivity contribution in [3.05, 3.63) is 27.7 Å². The zero-order chi connectivity index (χ0) is 9.68. The third-order valence-electron chi connectivity index (χ3n) is 1.77. The summed E-state index contributed by atoms with van der Waals surface area (Å²) >= 11 is 9.40. The molecule has 1 aromatic rings. The van der Waals surface area contributed by atoms with Gasteiger partial charge in [0.25, 0.3) is 0 Å². The van der Waals surface area contributed by atoms with Gasteiger partial charge in [-0.15, -0.1) is 0 Å². The van der Waals surface area contributed by atoms with E-state index in [-0.39, 0.29) is 0 Å². The average molecular weight is 263 g/mol.